The van der Waals surface area contributed by atoms with E-state index in [1.807, 2.05) is 0 Å². The van der Waals surface area contributed by atoms with Gasteiger partial charge in [0.15, 0.2) is 15.6 Å². The molecule has 0 heterocycles. The third-order valence-corrected chi connectivity index (χ3v) is 4.69. The molecule has 0 saturated carbocycles. The summed E-state index contributed by atoms with van der Waals surface area (Å²) in [5.41, 5.74) is 0.448. The first-order valence-electron chi connectivity index (χ1n) is 6.11. The van der Waals surface area contributed by atoms with E-state index in [9.17, 15) is 22.7 Å². The van der Waals surface area contributed by atoms with Gasteiger partial charge in [-0.15, -0.1) is 0 Å². The average molecular weight is 308 g/mol. The molecule has 2 rings (SSSR count). The summed E-state index contributed by atoms with van der Waals surface area (Å²) >= 11 is 0. The van der Waals surface area contributed by atoms with Crippen LogP contribution in [0.4, 0.5) is 4.39 Å². The molecule has 0 bridgehead atoms. The molecule has 0 spiro atoms. The Bertz CT molecular complexity index is 780. The van der Waals surface area contributed by atoms with Crippen LogP contribution < -0.4 is 0 Å². The van der Waals surface area contributed by atoms with Crippen LogP contribution in [-0.4, -0.2) is 19.3 Å². The number of carbonyl (C=O) groups excluding carboxylic acids is 1. The van der Waals surface area contributed by atoms with E-state index in [-0.39, 0.29) is 22.0 Å². The Kier molecular flexibility index (Phi) is 4.09. The molecule has 4 nitrogen and oxygen atoms in total. The molecule has 0 aliphatic carbocycles. The van der Waals surface area contributed by atoms with Gasteiger partial charge in [0.25, 0.3) is 0 Å². The van der Waals surface area contributed by atoms with Crippen molar-refractivity contribution in [3.05, 3.63) is 59.4 Å². The molecule has 0 amide bonds. The fourth-order valence-electron chi connectivity index (χ4n) is 1.85. The molecule has 0 saturated heterocycles. The van der Waals surface area contributed by atoms with Crippen LogP contribution in [0, 0.1) is 5.82 Å². The van der Waals surface area contributed by atoms with E-state index in [1.165, 1.54) is 25.1 Å². The van der Waals surface area contributed by atoms with Crippen molar-refractivity contribution in [2.75, 3.05) is 0 Å². The molecule has 21 heavy (non-hydrogen) atoms. The number of hydrogen-bond donors (Lipinski definition) is 1. The Morgan fingerprint density at radius 1 is 1.14 bits per heavy atom. The first-order chi connectivity index (χ1) is 9.79. The van der Waals surface area contributed by atoms with E-state index in [1.54, 1.807) is 0 Å². The molecule has 2 aromatic carbocycles. The summed E-state index contributed by atoms with van der Waals surface area (Å²) in [6.07, 6.45) is 0. The Hall–Kier alpha value is -2.21. The van der Waals surface area contributed by atoms with Crippen LogP contribution in [0.3, 0.4) is 0 Å². The molecule has 0 radical (unpaired) electrons. The molecule has 0 aromatic heterocycles. The van der Waals surface area contributed by atoms with Gasteiger partial charge < -0.3 is 5.11 Å². The Balaban J connectivity index is 2.38. The van der Waals surface area contributed by atoms with E-state index in [0.717, 1.165) is 24.3 Å². The Morgan fingerprint density at radius 2 is 1.76 bits per heavy atom. The zero-order valence-electron chi connectivity index (χ0n) is 11.2. The predicted octanol–water partition coefficient (Wildman–Crippen LogP) is 2.71. The number of Topliss-reactive ketones (excluding diaryl/α,β-unsaturated/α-hetero) is 1. The summed E-state index contributed by atoms with van der Waals surface area (Å²) in [4.78, 5) is 11.3. The van der Waals surface area contributed by atoms with Gasteiger partial charge in [-0.1, -0.05) is 0 Å². The van der Waals surface area contributed by atoms with E-state index in [4.69, 9.17) is 0 Å². The van der Waals surface area contributed by atoms with Gasteiger partial charge in [0.1, 0.15) is 11.6 Å². The average Bonchev–Trinajstić information content (AvgIpc) is 2.41. The number of sulfone groups is 1. The van der Waals surface area contributed by atoms with E-state index in [0.29, 0.717) is 5.56 Å². The molecule has 0 atom stereocenters. The predicted molar refractivity (Wildman–Crippen MR) is 75.4 cm³/mol. The van der Waals surface area contributed by atoms with Gasteiger partial charge in [-0.05, 0) is 49.4 Å². The minimum Gasteiger partial charge on any atom is -0.508 e. The molecular weight excluding hydrogens is 295 g/mol. The topological polar surface area (TPSA) is 71.4 Å². The third-order valence-electron chi connectivity index (χ3n) is 3.00. The molecule has 0 unspecified atom stereocenters. The highest BCUT2D eigenvalue weighted by molar-refractivity contribution is 7.90. The molecule has 1 N–H and O–H groups in total. The van der Waals surface area contributed by atoms with Gasteiger partial charge in [-0.25, -0.2) is 12.8 Å². The van der Waals surface area contributed by atoms with Crippen LogP contribution in [0.15, 0.2) is 47.4 Å². The van der Waals surface area contributed by atoms with Crippen molar-refractivity contribution in [1.29, 1.82) is 0 Å². The number of hydrogen-bond acceptors (Lipinski definition) is 4. The number of phenols is 1. The number of ketones is 1. The summed E-state index contributed by atoms with van der Waals surface area (Å²) < 4.78 is 37.3. The molecule has 0 aliphatic rings. The largest absolute Gasteiger partial charge is 0.508 e. The monoisotopic (exact) mass is 308 g/mol. The quantitative estimate of drug-likeness (QED) is 0.696. The second-order valence-corrected chi connectivity index (χ2v) is 6.60. The lowest BCUT2D eigenvalue weighted by Crippen LogP contribution is -2.06. The van der Waals surface area contributed by atoms with Crippen molar-refractivity contribution in [3.63, 3.8) is 0 Å². The van der Waals surface area contributed by atoms with Crippen molar-refractivity contribution in [3.8, 4) is 5.75 Å². The van der Waals surface area contributed by atoms with Crippen LogP contribution in [0.25, 0.3) is 0 Å². The maximum absolute atomic E-state index is 12.8. The second-order valence-electron chi connectivity index (χ2n) is 4.61. The number of carbonyl (C=O) groups is 1. The SMILES string of the molecule is CC(=O)c1ccc(O)c(CS(=O)(=O)c2ccc(F)cc2)c1. The first-order valence-corrected chi connectivity index (χ1v) is 7.76. The van der Waals surface area contributed by atoms with Gasteiger partial charge in [0.2, 0.25) is 0 Å². The van der Waals surface area contributed by atoms with Crippen molar-refractivity contribution in [2.24, 2.45) is 0 Å². The van der Waals surface area contributed by atoms with Crippen LogP contribution >= 0.6 is 0 Å². The van der Waals surface area contributed by atoms with Gasteiger partial charge in [-0.2, -0.15) is 0 Å². The lowest BCUT2D eigenvalue weighted by atomic mass is 10.1. The van der Waals surface area contributed by atoms with Crippen molar-refractivity contribution >= 4 is 15.6 Å². The first kappa shape index (κ1) is 15.2. The van der Waals surface area contributed by atoms with E-state index >= 15 is 0 Å². The smallest absolute Gasteiger partial charge is 0.182 e. The summed E-state index contributed by atoms with van der Waals surface area (Å²) in [6, 6.07) is 8.49. The number of aromatic hydroxyl groups is 1. The Labute approximate surface area is 121 Å². The van der Waals surface area contributed by atoms with Gasteiger partial charge in [0, 0.05) is 11.1 Å². The van der Waals surface area contributed by atoms with Crippen LogP contribution in [0.2, 0.25) is 0 Å². The standard InChI is InChI=1S/C15H13FO4S/c1-10(17)11-2-7-15(18)12(8-11)9-21(19,20)14-5-3-13(16)4-6-14/h2-8,18H,9H2,1H3. The lowest BCUT2D eigenvalue weighted by Gasteiger charge is -2.08. The minimum absolute atomic E-state index is 0.0449. The fourth-order valence-corrected chi connectivity index (χ4v) is 3.21. The number of phenolic OH excluding ortho intramolecular Hbond substituents is 1. The van der Waals surface area contributed by atoms with Gasteiger partial charge >= 0.3 is 0 Å². The zero-order valence-corrected chi connectivity index (χ0v) is 12.0. The number of benzene rings is 2. The van der Waals surface area contributed by atoms with Crippen molar-refractivity contribution in [1.82, 2.24) is 0 Å². The van der Waals surface area contributed by atoms with Gasteiger partial charge in [-0.3, -0.25) is 4.79 Å². The lowest BCUT2D eigenvalue weighted by molar-refractivity contribution is 0.101. The van der Waals surface area contributed by atoms with Crippen LogP contribution in [0.5, 0.6) is 5.75 Å². The third kappa shape index (κ3) is 3.46. The second kappa shape index (κ2) is 5.65. The maximum atomic E-state index is 12.8. The highest BCUT2D eigenvalue weighted by Gasteiger charge is 2.18. The summed E-state index contributed by atoms with van der Waals surface area (Å²) in [6.45, 7) is 1.35. The number of halogens is 1. The van der Waals surface area contributed by atoms with Gasteiger partial charge in [0.05, 0.1) is 10.6 Å². The fraction of sp³-hybridized carbons (Fsp3) is 0.133. The highest BCUT2D eigenvalue weighted by Crippen LogP contribution is 2.24. The molecule has 0 aliphatic heterocycles. The molecular formula is C15H13FO4S. The van der Waals surface area contributed by atoms with Crippen molar-refractivity contribution in [2.45, 2.75) is 17.6 Å². The summed E-state index contributed by atoms with van der Waals surface area (Å²) in [5, 5.41) is 9.74. The normalized spacial score (nSPS) is 11.3. The highest BCUT2D eigenvalue weighted by atomic mass is 32.2. The molecule has 2 aromatic rings. The molecule has 0 fully saturated rings. The van der Waals surface area contributed by atoms with Crippen LogP contribution in [0.1, 0.15) is 22.8 Å². The molecule has 110 valence electrons. The van der Waals surface area contributed by atoms with E-state index < -0.39 is 21.4 Å². The Morgan fingerprint density at radius 3 is 2.33 bits per heavy atom. The van der Waals surface area contributed by atoms with Crippen molar-refractivity contribution < 1.29 is 22.7 Å². The number of rotatable bonds is 4. The molecule has 6 heteroatoms. The maximum Gasteiger partial charge on any atom is 0.182 e. The van der Waals surface area contributed by atoms with E-state index in [2.05, 4.69) is 0 Å². The van der Waals surface area contributed by atoms with Crippen LogP contribution in [-0.2, 0) is 15.6 Å². The summed E-state index contributed by atoms with van der Waals surface area (Å²) in [5.74, 6) is -1.43. The minimum atomic E-state index is -3.73. The zero-order chi connectivity index (χ0) is 15.6. The summed E-state index contributed by atoms with van der Waals surface area (Å²) in [7, 11) is -3.73.